The first kappa shape index (κ1) is 12.4. The van der Waals surface area contributed by atoms with Crippen molar-refractivity contribution in [3.63, 3.8) is 0 Å². The fraction of sp³-hybridized carbons (Fsp3) is 0.900. The van der Waals surface area contributed by atoms with Gasteiger partial charge in [0.15, 0.2) is 0 Å². The monoisotopic (exact) mass is 186 g/mol. The number of nitrogens with two attached hydrogens (primary N) is 1. The molecule has 0 radical (unpaired) electrons. The molecule has 0 heterocycles. The Labute approximate surface area is 81.3 Å². The topological polar surface area (TPSA) is 46.3 Å². The number of nitrogens with zero attached hydrogens (tertiary/aromatic N) is 1. The second-order valence-electron chi connectivity index (χ2n) is 4.22. The smallest absolute Gasteiger partial charge is 0.239 e. The fourth-order valence-electron chi connectivity index (χ4n) is 1.38. The minimum absolute atomic E-state index is 0.0214. The molecule has 0 fully saturated rings. The van der Waals surface area contributed by atoms with E-state index in [0.717, 1.165) is 6.42 Å². The molecule has 0 aromatic rings. The third-order valence-corrected chi connectivity index (χ3v) is 2.21. The summed E-state index contributed by atoms with van der Waals surface area (Å²) in [6, 6.07) is -0.113. The molecule has 0 aromatic heterocycles. The van der Waals surface area contributed by atoms with Crippen molar-refractivity contribution in [2.45, 2.75) is 46.2 Å². The summed E-state index contributed by atoms with van der Waals surface area (Å²) in [5, 5.41) is 0. The molecule has 2 unspecified atom stereocenters. The Balaban J connectivity index is 4.09. The molecule has 0 aliphatic carbocycles. The van der Waals surface area contributed by atoms with Crippen LogP contribution in [-0.4, -0.2) is 29.9 Å². The molecular weight excluding hydrogens is 164 g/mol. The molecular formula is C10H22N2O. The van der Waals surface area contributed by atoms with Crippen LogP contribution in [0.1, 0.15) is 34.1 Å². The van der Waals surface area contributed by atoms with Crippen molar-refractivity contribution in [3.8, 4) is 0 Å². The molecule has 1 amide bonds. The molecule has 0 saturated heterocycles. The molecule has 0 aromatic carbocycles. The highest BCUT2D eigenvalue weighted by molar-refractivity contribution is 5.81. The zero-order chi connectivity index (χ0) is 10.6. The van der Waals surface area contributed by atoms with Gasteiger partial charge in [-0.25, -0.2) is 0 Å². The summed E-state index contributed by atoms with van der Waals surface area (Å²) < 4.78 is 0. The van der Waals surface area contributed by atoms with Crippen LogP contribution in [0.25, 0.3) is 0 Å². The molecule has 78 valence electrons. The molecule has 0 bridgehead atoms. The predicted molar refractivity (Wildman–Crippen MR) is 55.3 cm³/mol. The summed E-state index contributed by atoms with van der Waals surface area (Å²) in [4.78, 5) is 13.2. The van der Waals surface area contributed by atoms with Gasteiger partial charge >= 0.3 is 0 Å². The summed E-state index contributed by atoms with van der Waals surface area (Å²) in [6.45, 7) is 8.09. The molecule has 2 N–H and O–H groups in total. The van der Waals surface area contributed by atoms with Crippen molar-refractivity contribution in [2.75, 3.05) is 7.05 Å². The van der Waals surface area contributed by atoms with Crippen molar-refractivity contribution in [1.29, 1.82) is 0 Å². The highest BCUT2D eigenvalue weighted by atomic mass is 16.2. The zero-order valence-corrected chi connectivity index (χ0v) is 9.37. The number of hydrogen-bond acceptors (Lipinski definition) is 2. The van der Waals surface area contributed by atoms with Crippen molar-refractivity contribution in [1.82, 2.24) is 4.90 Å². The first-order valence-corrected chi connectivity index (χ1v) is 4.88. The van der Waals surface area contributed by atoms with Crippen LogP contribution in [0.3, 0.4) is 0 Å². The van der Waals surface area contributed by atoms with Crippen molar-refractivity contribution in [2.24, 2.45) is 11.7 Å². The van der Waals surface area contributed by atoms with Gasteiger partial charge in [-0.3, -0.25) is 4.79 Å². The van der Waals surface area contributed by atoms with Crippen LogP contribution in [-0.2, 0) is 4.79 Å². The third-order valence-electron chi connectivity index (χ3n) is 2.21. The highest BCUT2D eigenvalue weighted by Crippen LogP contribution is 2.09. The predicted octanol–water partition coefficient (Wildman–Crippen LogP) is 1.23. The molecule has 2 atom stereocenters. The molecule has 13 heavy (non-hydrogen) atoms. The van der Waals surface area contributed by atoms with Crippen LogP contribution in [0.4, 0.5) is 0 Å². The molecule has 3 nitrogen and oxygen atoms in total. The van der Waals surface area contributed by atoms with Gasteiger partial charge in [0.05, 0.1) is 6.04 Å². The van der Waals surface area contributed by atoms with Gasteiger partial charge in [0, 0.05) is 13.1 Å². The summed E-state index contributed by atoms with van der Waals surface area (Å²) in [7, 11) is 1.82. The second-order valence-corrected chi connectivity index (χ2v) is 4.22. The SMILES string of the molecule is CC(C)CC(C)N(C)C(=O)C(C)N. The third kappa shape index (κ3) is 4.27. The maximum absolute atomic E-state index is 11.5. The first-order chi connectivity index (χ1) is 5.86. The van der Waals surface area contributed by atoms with Gasteiger partial charge in [0.2, 0.25) is 5.91 Å². The Kier molecular flexibility index (Phi) is 4.99. The number of carbonyl (C=O) groups is 1. The number of rotatable bonds is 4. The maximum Gasteiger partial charge on any atom is 0.239 e. The number of amides is 1. The van der Waals surface area contributed by atoms with E-state index in [4.69, 9.17) is 5.73 Å². The normalized spacial score (nSPS) is 15.6. The van der Waals surface area contributed by atoms with Gasteiger partial charge in [0.25, 0.3) is 0 Å². The summed E-state index contributed by atoms with van der Waals surface area (Å²) >= 11 is 0. The van der Waals surface area contributed by atoms with E-state index in [1.54, 1.807) is 11.8 Å². The Morgan fingerprint density at radius 3 is 2.08 bits per heavy atom. The second kappa shape index (κ2) is 5.22. The lowest BCUT2D eigenvalue weighted by molar-refractivity contribution is -0.132. The van der Waals surface area contributed by atoms with Gasteiger partial charge < -0.3 is 10.6 Å². The van der Waals surface area contributed by atoms with Gasteiger partial charge in [-0.2, -0.15) is 0 Å². The summed E-state index contributed by atoms with van der Waals surface area (Å²) in [6.07, 6.45) is 1.02. The highest BCUT2D eigenvalue weighted by Gasteiger charge is 2.19. The Hall–Kier alpha value is -0.570. The lowest BCUT2D eigenvalue weighted by Crippen LogP contribution is -2.44. The maximum atomic E-state index is 11.5. The van der Waals surface area contributed by atoms with E-state index in [-0.39, 0.29) is 18.0 Å². The van der Waals surface area contributed by atoms with E-state index < -0.39 is 0 Å². The molecule has 0 rings (SSSR count). The summed E-state index contributed by atoms with van der Waals surface area (Å²) in [5.41, 5.74) is 5.51. The van der Waals surface area contributed by atoms with Crippen molar-refractivity contribution < 1.29 is 4.79 Å². The average Bonchev–Trinajstić information content (AvgIpc) is 2.00. The quantitative estimate of drug-likeness (QED) is 0.717. The minimum atomic E-state index is -0.389. The van der Waals surface area contributed by atoms with E-state index in [2.05, 4.69) is 20.8 Å². The van der Waals surface area contributed by atoms with Gasteiger partial charge in [-0.15, -0.1) is 0 Å². The van der Waals surface area contributed by atoms with Crippen molar-refractivity contribution >= 4 is 5.91 Å². The largest absolute Gasteiger partial charge is 0.342 e. The first-order valence-electron chi connectivity index (χ1n) is 4.88. The van der Waals surface area contributed by atoms with E-state index in [0.29, 0.717) is 5.92 Å². The molecule has 3 heteroatoms. The fourth-order valence-corrected chi connectivity index (χ4v) is 1.38. The molecule has 0 spiro atoms. The van der Waals surface area contributed by atoms with Gasteiger partial charge in [0.1, 0.15) is 0 Å². The Morgan fingerprint density at radius 1 is 1.31 bits per heavy atom. The van der Waals surface area contributed by atoms with Crippen LogP contribution >= 0.6 is 0 Å². The van der Waals surface area contributed by atoms with E-state index in [9.17, 15) is 4.79 Å². The van der Waals surface area contributed by atoms with E-state index in [1.807, 2.05) is 7.05 Å². The van der Waals surface area contributed by atoms with Crippen LogP contribution in [0.5, 0.6) is 0 Å². The Bertz CT molecular complexity index is 166. The molecule has 0 aliphatic heterocycles. The standard InChI is InChI=1S/C10H22N2O/c1-7(2)6-8(3)12(5)10(13)9(4)11/h7-9H,6,11H2,1-5H3. The number of carbonyl (C=O) groups excluding carboxylic acids is 1. The van der Waals surface area contributed by atoms with E-state index in [1.165, 1.54) is 0 Å². The molecule has 0 saturated carbocycles. The van der Waals surface area contributed by atoms with Crippen LogP contribution < -0.4 is 5.73 Å². The van der Waals surface area contributed by atoms with Crippen LogP contribution in [0, 0.1) is 5.92 Å². The average molecular weight is 186 g/mol. The lowest BCUT2D eigenvalue weighted by atomic mass is 10.0. The van der Waals surface area contributed by atoms with E-state index >= 15 is 0 Å². The number of hydrogen-bond donors (Lipinski definition) is 1. The van der Waals surface area contributed by atoms with Crippen molar-refractivity contribution in [3.05, 3.63) is 0 Å². The zero-order valence-electron chi connectivity index (χ0n) is 9.37. The minimum Gasteiger partial charge on any atom is -0.342 e. The van der Waals surface area contributed by atoms with Crippen LogP contribution in [0.15, 0.2) is 0 Å². The van der Waals surface area contributed by atoms with Gasteiger partial charge in [-0.05, 0) is 26.2 Å². The van der Waals surface area contributed by atoms with Crippen LogP contribution in [0.2, 0.25) is 0 Å². The summed E-state index contributed by atoms with van der Waals surface area (Å²) in [5.74, 6) is 0.631. The number of likely N-dealkylation sites (N-methyl/N-ethyl adjacent to an activating group) is 1. The molecule has 0 aliphatic rings. The van der Waals surface area contributed by atoms with Gasteiger partial charge in [-0.1, -0.05) is 13.8 Å². The lowest BCUT2D eigenvalue weighted by Gasteiger charge is -2.27. The Morgan fingerprint density at radius 2 is 1.77 bits per heavy atom.